The molecule has 1 heterocycles. The molecule has 0 radical (unpaired) electrons. The third-order valence-corrected chi connectivity index (χ3v) is 2.18. The van der Waals surface area contributed by atoms with Crippen LogP contribution >= 0.6 is 11.3 Å². The van der Waals surface area contributed by atoms with Crippen molar-refractivity contribution in [1.82, 2.24) is 4.98 Å². The Balaban J connectivity index is 2.89. The minimum atomic E-state index is -4.74. The van der Waals surface area contributed by atoms with Gasteiger partial charge in [0.1, 0.15) is 5.01 Å². The molecule has 1 N–H and O–H groups in total. The largest absolute Gasteiger partial charge is 0.420 e. The van der Waals surface area contributed by atoms with Crippen molar-refractivity contribution in [2.45, 2.75) is 12.3 Å². The first kappa shape index (κ1) is 10.1. The lowest BCUT2D eigenvalue weighted by Crippen LogP contribution is -2.19. The summed E-state index contributed by atoms with van der Waals surface area (Å²) in [5.41, 5.74) is 0. The third-order valence-electron chi connectivity index (χ3n) is 1.20. The van der Waals surface area contributed by atoms with Crippen molar-refractivity contribution in [3.63, 3.8) is 0 Å². The van der Waals surface area contributed by atoms with Crippen LogP contribution in [0.4, 0.5) is 13.2 Å². The zero-order chi connectivity index (χ0) is 10.1. The van der Waals surface area contributed by atoms with Gasteiger partial charge in [-0.15, -0.1) is 11.3 Å². The third kappa shape index (κ3) is 2.25. The van der Waals surface area contributed by atoms with Crippen LogP contribution in [0.15, 0.2) is 6.20 Å². The maximum Gasteiger partial charge on any atom is 0.420 e. The number of hydrogen-bond donors (Lipinski definition) is 1. The van der Waals surface area contributed by atoms with Crippen LogP contribution in [0, 0.1) is 0 Å². The molecule has 0 aromatic carbocycles. The maximum atomic E-state index is 11.9. The van der Waals surface area contributed by atoms with E-state index in [4.69, 9.17) is 5.11 Å². The van der Waals surface area contributed by atoms with E-state index < -0.39 is 17.3 Å². The minimum absolute atomic E-state index is 0.0540. The molecule has 3 nitrogen and oxygen atoms in total. The number of thiazole rings is 1. The summed E-state index contributed by atoms with van der Waals surface area (Å²) in [5.74, 6) is 0. The molecule has 13 heavy (non-hydrogen) atoms. The highest BCUT2D eigenvalue weighted by atomic mass is 32.1. The predicted octanol–water partition coefficient (Wildman–Crippen LogP) is 1.55. The highest BCUT2D eigenvalue weighted by molar-refractivity contribution is 7.13. The van der Waals surface area contributed by atoms with Crippen molar-refractivity contribution in [2.75, 3.05) is 0 Å². The van der Waals surface area contributed by atoms with Crippen LogP contribution in [-0.4, -0.2) is 22.6 Å². The van der Waals surface area contributed by atoms with Crippen LogP contribution in [-0.2, 0) is 0 Å². The van der Waals surface area contributed by atoms with Gasteiger partial charge in [0.15, 0.2) is 6.29 Å². The Morgan fingerprint density at radius 2 is 2.23 bits per heavy atom. The number of aldehydes is 1. The second kappa shape index (κ2) is 3.43. The number of hydrogen-bond acceptors (Lipinski definition) is 4. The number of alkyl halides is 3. The average Bonchev–Trinajstić information content (AvgIpc) is 2.48. The highest BCUT2D eigenvalue weighted by Crippen LogP contribution is 2.33. The quantitative estimate of drug-likeness (QED) is 0.755. The van der Waals surface area contributed by atoms with E-state index in [0.29, 0.717) is 17.6 Å². The molecular formula is C6H4F3NO2S. The van der Waals surface area contributed by atoms with E-state index in [9.17, 15) is 18.0 Å². The fourth-order valence-corrected chi connectivity index (χ4v) is 1.37. The molecule has 0 aliphatic heterocycles. The lowest BCUT2D eigenvalue weighted by Gasteiger charge is -2.10. The van der Waals surface area contributed by atoms with E-state index in [1.165, 1.54) is 0 Å². The summed E-state index contributed by atoms with van der Waals surface area (Å²) in [5, 5.41) is 8.15. The maximum absolute atomic E-state index is 11.9. The Bertz CT molecular complexity index is 309. The summed E-state index contributed by atoms with van der Waals surface area (Å²) >= 11 is 0.519. The van der Waals surface area contributed by atoms with Crippen LogP contribution in [0.5, 0.6) is 0 Å². The van der Waals surface area contributed by atoms with Crippen molar-refractivity contribution in [3.8, 4) is 0 Å². The Morgan fingerprint density at radius 3 is 2.62 bits per heavy atom. The second-order valence-electron chi connectivity index (χ2n) is 2.16. The first-order valence-corrected chi connectivity index (χ1v) is 3.92. The molecule has 1 atom stereocenters. The lowest BCUT2D eigenvalue weighted by atomic mass is 10.4. The molecule has 0 saturated heterocycles. The molecule has 1 aromatic heterocycles. The van der Waals surface area contributed by atoms with Gasteiger partial charge in [0.2, 0.25) is 6.10 Å². The van der Waals surface area contributed by atoms with Gasteiger partial charge in [0.05, 0.1) is 4.88 Å². The molecule has 0 fully saturated rings. The first-order valence-electron chi connectivity index (χ1n) is 3.11. The molecular weight excluding hydrogens is 207 g/mol. The van der Waals surface area contributed by atoms with Crippen molar-refractivity contribution in [2.24, 2.45) is 0 Å². The fourth-order valence-electron chi connectivity index (χ4n) is 0.622. The van der Waals surface area contributed by atoms with Crippen LogP contribution in [0.1, 0.15) is 20.8 Å². The summed E-state index contributed by atoms with van der Waals surface area (Å²) in [7, 11) is 0. The number of aromatic nitrogens is 1. The zero-order valence-corrected chi connectivity index (χ0v) is 6.89. The summed E-state index contributed by atoms with van der Waals surface area (Å²) in [6.45, 7) is 0. The number of aliphatic hydroxyl groups excluding tert-OH is 1. The number of carbonyl (C=O) groups excluding carboxylic acids is 1. The van der Waals surface area contributed by atoms with Gasteiger partial charge in [0.25, 0.3) is 0 Å². The van der Waals surface area contributed by atoms with E-state index in [1.807, 2.05) is 0 Å². The van der Waals surface area contributed by atoms with Crippen LogP contribution in [0.2, 0.25) is 0 Å². The molecule has 0 saturated carbocycles. The van der Waals surface area contributed by atoms with Gasteiger partial charge in [-0.05, 0) is 0 Å². The zero-order valence-electron chi connectivity index (χ0n) is 6.08. The van der Waals surface area contributed by atoms with Gasteiger partial charge in [-0.1, -0.05) is 0 Å². The number of nitrogens with zero attached hydrogens (tertiary/aromatic N) is 1. The topological polar surface area (TPSA) is 50.2 Å². The molecule has 0 bridgehead atoms. The Labute approximate surface area is 74.8 Å². The number of halogens is 3. The van der Waals surface area contributed by atoms with Crippen LogP contribution in [0.3, 0.4) is 0 Å². The van der Waals surface area contributed by atoms with Gasteiger partial charge < -0.3 is 5.11 Å². The molecule has 72 valence electrons. The van der Waals surface area contributed by atoms with E-state index in [-0.39, 0.29) is 4.88 Å². The van der Waals surface area contributed by atoms with Crippen LogP contribution in [0.25, 0.3) is 0 Å². The number of aliphatic hydroxyl groups is 1. The summed E-state index contributed by atoms with van der Waals surface area (Å²) in [4.78, 5) is 13.4. The molecule has 0 amide bonds. The smallest absolute Gasteiger partial charge is 0.377 e. The number of rotatable bonds is 2. The van der Waals surface area contributed by atoms with E-state index in [2.05, 4.69) is 4.98 Å². The van der Waals surface area contributed by atoms with Crippen molar-refractivity contribution >= 4 is 17.6 Å². The molecule has 0 aliphatic rings. The van der Waals surface area contributed by atoms with Crippen molar-refractivity contribution in [3.05, 3.63) is 16.1 Å². The normalized spacial score (nSPS) is 14.2. The Hall–Kier alpha value is -0.950. The van der Waals surface area contributed by atoms with Gasteiger partial charge >= 0.3 is 6.18 Å². The van der Waals surface area contributed by atoms with Gasteiger partial charge in [-0.25, -0.2) is 4.98 Å². The highest BCUT2D eigenvalue weighted by Gasteiger charge is 2.41. The van der Waals surface area contributed by atoms with Gasteiger partial charge in [-0.2, -0.15) is 13.2 Å². The van der Waals surface area contributed by atoms with Crippen molar-refractivity contribution < 1.29 is 23.1 Å². The second-order valence-corrected chi connectivity index (χ2v) is 3.26. The van der Waals surface area contributed by atoms with Gasteiger partial charge in [0, 0.05) is 6.20 Å². The minimum Gasteiger partial charge on any atom is -0.377 e. The van der Waals surface area contributed by atoms with Gasteiger partial charge in [-0.3, -0.25) is 4.79 Å². The fraction of sp³-hybridized carbons (Fsp3) is 0.333. The summed E-state index contributed by atoms with van der Waals surface area (Å²) < 4.78 is 35.6. The summed E-state index contributed by atoms with van der Waals surface area (Å²) in [6, 6.07) is 0. The monoisotopic (exact) mass is 211 g/mol. The van der Waals surface area contributed by atoms with E-state index >= 15 is 0 Å². The Morgan fingerprint density at radius 1 is 1.62 bits per heavy atom. The molecule has 0 aliphatic carbocycles. The summed E-state index contributed by atoms with van der Waals surface area (Å²) in [6.07, 6.45) is -5.98. The lowest BCUT2D eigenvalue weighted by molar-refractivity contribution is -0.206. The molecule has 7 heteroatoms. The average molecular weight is 211 g/mol. The standard InChI is InChI=1S/C6H4F3NO2S/c7-6(8,9)4(12)5-10-1-3(2-11)13-5/h1-2,4,12H. The van der Waals surface area contributed by atoms with E-state index in [0.717, 1.165) is 6.20 Å². The number of carbonyl (C=O) groups is 1. The first-order chi connectivity index (χ1) is 5.95. The van der Waals surface area contributed by atoms with Crippen molar-refractivity contribution in [1.29, 1.82) is 0 Å². The molecule has 1 unspecified atom stereocenters. The molecule has 0 spiro atoms. The molecule has 1 rings (SSSR count). The van der Waals surface area contributed by atoms with E-state index in [1.54, 1.807) is 0 Å². The molecule has 1 aromatic rings. The SMILES string of the molecule is O=Cc1cnc(C(O)C(F)(F)F)s1. The van der Waals surface area contributed by atoms with Crippen LogP contribution < -0.4 is 0 Å². The Kier molecular flexibility index (Phi) is 2.67. The predicted molar refractivity (Wildman–Crippen MR) is 38.5 cm³/mol.